The van der Waals surface area contributed by atoms with E-state index in [2.05, 4.69) is 18.8 Å². The lowest BCUT2D eigenvalue weighted by atomic mass is 9.86. The van der Waals surface area contributed by atoms with Gasteiger partial charge in [0.2, 0.25) is 0 Å². The van der Waals surface area contributed by atoms with Crippen LogP contribution < -0.4 is 0 Å². The van der Waals surface area contributed by atoms with E-state index in [1.54, 1.807) is 27.3 Å². The number of H-pyrrole nitrogens is 1. The lowest BCUT2D eigenvalue weighted by molar-refractivity contribution is -0.0532. The summed E-state index contributed by atoms with van der Waals surface area (Å²) in [5.41, 5.74) is 3.93. The number of aromatic nitrogens is 1. The molecule has 0 saturated carbocycles. The number of aromatic amines is 1. The Balaban J connectivity index is 2.35. The average molecular weight is 334 g/mol. The smallest absolute Gasteiger partial charge is 0.339 e. The Labute approximate surface area is 142 Å². The van der Waals surface area contributed by atoms with E-state index in [9.17, 15) is 4.79 Å². The first kappa shape index (κ1) is 18.4. The lowest BCUT2D eigenvalue weighted by Crippen LogP contribution is -2.25. The van der Waals surface area contributed by atoms with Crippen LogP contribution >= 0.6 is 0 Å². The van der Waals surface area contributed by atoms with Crippen molar-refractivity contribution in [2.75, 3.05) is 20.8 Å². The number of aliphatic imine (C=N–C) groups is 1. The van der Waals surface area contributed by atoms with Crippen LogP contribution in [0.25, 0.3) is 6.08 Å². The monoisotopic (exact) mass is 334 g/mol. The van der Waals surface area contributed by atoms with Crippen molar-refractivity contribution in [1.82, 2.24) is 4.98 Å². The van der Waals surface area contributed by atoms with Crippen LogP contribution in [0.2, 0.25) is 0 Å². The van der Waals surface area contributed by atoms with Gasteiger partial charge in [0.1, 0.15) is 0 Å². The quantitative estimate of drug-likeness (QED) is 0.640. The molecule has 6 heteroatoms. The van der Waals surface area contributed by atoms with Crippen LogP contribution in [-0.2, 0) is 14.2 Å². The minimum Gasteiger partial charge on any atom is -0.462 e. The van der Waals surface area contributed by atoms with E-state index in [0.717, 1.165) is 29.1 Å². The van der Waals surface area contributed by atoms with Crippen LogP contribution in [0.5, 0.6) is 0 Å². The molecule has 24 heavy (non-hydrogen) atoms. The van der Waals surface area contributed by atoms with Crippen LogP contribution in [0.4, 0.5) is 0 Å². The van der Waals surface area contributed by atoms with E-state index in [0.29, 0.717) is 12.2 Å². The third-order valence-electron chi connectivity index (χ3n) is 4.24. The third kappa shape index (κ3) is 3.60. The van der Waals surface area contributed by atoms with Crippen molar-refractivity contribution in [1.29, 1.82) is 0 Å². The second-order valence-electron chi connectivity index (χ2n) is 6.46. The highest BCUT2D eigenvalue weighted by molar-refractivity contribution is 5.94. The van der Waals surface area contributed by atoms with Crippen molar-refractivity contribution in [3.63, 3.8) is 0 Å². The summed E-state index contributed by atoms with van der Waals surface area (Å²) in [4.78, 5) is 19.8. The molecule has 0 spiro atoms. The number of allylic oxidation sites excluding steroid dienone is 1. The van der Waals surface area contributed by atoms with Gasteiger partial charge >= 0.3 is 5.97 Å². The van der Waals surface area contributed by atoms with Crippen molar-refractivity contribution >= 4 is 17.8 Å². The van der Waals surface area contributed by atoms with Gasteiger partial charge in [-0.25, -0.2) is 4.79 Å². The van der Waals surface area contributed by atoms with Gasteiger partial charge in [-0.05, 0) is 25.5 Å². The Bertz CT molecular complexity index is 667. The summed E-state index contributed by atoms with van der Waals surface area (Å²) in [6, 6.07) is 0. The lowest BCUT2D eigenvalue weighted by Gasteiger charge is -2.19. The zero-order chi connectivity index (χ0) is 17.9. The topological polar surface area (TPSA) is 72.9 Å². The Hall–Kier alpha value is -1.92. The molecule has 1 N–H and O–H groups in total. The van der Waals surface area contributed by atoms with Gasteiger partial charge in [0.05, 0.1) is 17.9 Å². The molecule has 0 bridgehead atoms. The van der Waals surface area contributed by atoms with Crippen molar-refractivity contribution in [2.45, 2.75) is 40.4 Å². The number of esters is 1. The van der Waals surface area contributed by atoms with Gasteiger partial charge in [-0.2, -0.15) is 0 Å². The van der Waals surface area contributed by atoms with Gasteiger partial charge < -0.3 is 19.2 Å². The maximum atomic E-state index is 11.9. The molecule has 0 saturated heterocycles. The summed E-state index contributed by atoms with van der Waals surface area (Å²) in [5, 5.41) is 0. The Kier molecular flexibility index (Phi) is 5.62. The summed E-state index contributed by atoms with van der Waals surface area (Å²) >= 11 is 0. The molecule has 2 rings (SSSR count). The molecule has 0 unspecified atom stereocenters. The standard InChI is InChI=1S/C18H26N2O4/c1-7-24-16(21)12-10-19-13(11(12)2)8-15-18(3,4)9-14(20-15)17(22-5)23-6/h8,10,17,19H,7,9H2,1-6H3/b15-8-. The molecule has 0 radical (unpaired) electrons. The maximum Gasteiger partial charge on any atom is 0.339 e. The van der Waals surface area contributed by atoms with Gasteiger partial charge in [-0.15, -0.1) is 0 Å². The molecule has 1 aromatic heterocycles. The van der Waals surface area contributed by atoms with Crippen LogP contribution in [0.1, 0.15) is 48.8 Å². The van der Waals surface area contributed by atoms with Crippen molar-refractivity contribution in [3.05, 3.63) is 28.7 Å². The molecule has 1 aliphatic heterocycles. The number of rotatable bonds is 6. The summed E-state index contributed by atoms with van der Waals surface area (Å²) in [6.07, 6.45) is 3.98. The number of hydrogen-bond donors (Lipinski definition) is 1. The molecule has 6 nitrogen and oxygen atoms in total. The first-order valence-electron chi connectivity index (χ1n) is 8.04. The number of methoxy groups -OCH3 is 2. The van der Waals surface area contributed by atoms with Gasteiger partial charge in [-0.3, -0.25) is 4.99 Å². The van der Waals surface area contributed by atoms with Crippen LogP contribution in [0, 0.1) is 12.3 Å². The van der Waals surface area contributed by atoms with Gasteiger partial charge in [-0.1, -0.05) is 13.8 Å². The van der Waals surface area contributed by atoms with Crippen LogP contribution in [-0.4, -0.2) is 43.8 Å². The van der Waals surface area contributed by atoms with Crippen molar-refractivity contribution in [3.8, 4) is 0 Å². The Morgan fingerprint density at radius 3 is 2.67 bits per heavy atom. The third-order valence-corrected chi connectivity index (χ3v) is 4.24. The highest BCUT2D eigenvalue weighted by Gasteiger charge is 2.35. The molecule has 1 aliphatic rings. The fraction of sp³-hybridized carbons (Fsp3) is 0.556. The predicted molar refractivity (Wildman–Crippen MR) is 93.1 cm³/mol. The predicted octanol–water partition coefficient (Wildman–Crippen LogP) is 3.33. The maximum absolute atomic E-state index is 11.9. The largest absolute Gasteiger partial charge is 0.462 e. The van der Waals surface area contributed by atoms with Gasteiger partial charge in [0, 0.05) is 43.6 Å². The van der Waals surface area contributed by atoms with E-state index >= 15 is 0 Å². The van der Waals surface area contributed by atoms with E-state index in [4.69, 9.17) is 19.2 Å². The number of ether oxygens (including phenoxy) is 3. The fourth-order valence-electron chi connectivity index (χ4n) is 2.84. The first-order chi connectivity index (χ1) is 11.3. The summed E-state index contributed by atoms with van der Waals surface area (Å²) in [6.45, 7) is 8.30. The second kappa shape index (κ2) is 7.32. The van der Waals surface area contributed by atoms with Crippen LogP contribution in [0.15, 0.2) is 16.9 Å². The molecule has 0 amide bonds. The Morgan fingerprint density at radius 2 is 2.08 bits per heavy atom. The number of nitrogens with one attached hydrogen (secondary N) is 1. The SMILES string of the molecule is CCOC(=O)c1c[nH]c(/C=C2\N=C(C(OC)OC)CC2(C)C)c1C. The highest BCUT2D eigenvalue weighted by Crippen LogP contribution is 2.40. The number of carbonyl (C=O) groups excluding carboxylic acids is 1. The molecular formula is C18H26N2O4. The van der Waals surface area contributed by atoms with Crippen LogP contribution in [0.3, 0.4) is 0 Å². The molecule has 0 aromatic carbocycles. The fourth-order valence-corrected chi connectivity index (χ4v) is 2.84. The molecule has 132 valence electrons. The first-order valence-corrected chi connectivity index (χ1v) is 8.04. The molecular weight excluding hydrogens is 308 g/mol. The summed E-state index contributed by atoms with van der Waals surface area (Å²) < 4.78 is 15.7. The zero-order valence-electron chi connectivity index (χ0n) is 15.2. The average Bonchev–Trinajstić information content (AvgIpc) is 3.02. The van der Waals surface area contributed by atoms with Gasteiger partial charge in [0.15, 0.2) is 6.29 Å². The van der Waals surface area contributed by atoms with E-state index < -0.39 is 6.29 Å². The molecule has 1 aromatic rings. The van der Waals surface area contributed by atoms with E-state index in [1.165, 1.54) is 0 Å². The summed E-state index contributed by atoms with van der Waals surface area (Å²) in [5.74, 6) is -0.315. The zero-order valence-corrected chi connectivity index (χ0v) is 15.2. The highest BCUT2D eigenvalue weighted by atomic mass is 16.7. The number of nitrogens with zero attached hydrogens (tertiary/aromatic N) is 1. The van der Waals surface area contributed by atoms with Crippen molar-refractivity contribution in [2.24, 2.45) is 10.4 Å². The molecule has 0 aliphatic carbocycles. The van der Waals surface area contributed by atoms with E-state index in [1.807, 2.05) is 13.0 Å². The molecule has 0 atom stereocenters. The van der Waals surface area contributed by atoms with Crippen molar-refractivity contribution < 1.29 is 19.0 Å². The number of carbonyl (C=O) groups is 1. The Morgan fingerprint density at radius 1 is 1.42 bits per heavy atom. The van der Waals surface area contributed by atoms with Gasteiger partial charge in [0.25, 0.3) is 0 Å². The number of hydrogen-bond acceptors (Lipinski definition) is 5. The molecule has 0 fully saturated rings. The molecule has 2 heterocycles. The normalized spacial score (nSPS) is 18.3. The minimum atomic E-state index is -0.435. The second-order valence-corrected chi connectivity index (χ2v) is 6.46. The summed E-state index contributed by atoms with van der Waals surface area (Å²) in [7, 11) is 3.21. The minimum absolute atomic E-state index is 0.133. The van der Waals surface area contributed by atoms with E-state index in [-0.39, 0.29) is 11.4 Å².